The summed E-state index contributed by atoms with van der Waals surface area (Å²) >= 11 is 0. The summed E-state index contributed by atoms with van der Waals surface area (Å²) < 4.78 is 7.90. The molecule has 0 N–H and O–H groups in total. The average molecular weight is 312 g/mol. The number of pyridine rings is 1. The lowest BCUT2D eigenvalue weighted by molar-refractivity contribution is -0.0565. The van der Waals surface area contributed by atoms with Crippen molar-refractivity contribution in [1.82, 2.24) is 19.7 Å². The second-order valence-corrected chi connectivity index (χ2v) is 7.14. The summed E-state index contributed by atoms with van der Waals surface area (Å²) in [5.41, 5.74) is 1.84. The third kappa shape index (κ3) is 3.24. The van der Waals surface area contributed by atoms with Gasteiger partial charge in [-0.05, 0) is 56.3 Å². The Labute approximate surface area is 137 Å². The smallest absolute Gasteiger partial charge is 0.137 e. The lowest BCUT2D eigenvalue weighted by Gasteiger charge is -2.51. The van der Waals surface area contributed by atoms with Gasteiger partial charge < -0.3 is 4.74 Å². The summed E-state index contributed by atoms with van der Waals surface area (Å²) in [6, 6.07) is 3.93. The van der Waals surface area contributed by atoms with Gasteiger partial charge in [-0.2, -0.15) is 5.10 Å². The molecule has 1 saturated carbocycles. The molecule has 0 radical (unpaired) electrons. The Hall–Kier alpha value is -1.88. The molecule has 0 amide bonds. The van der Waals surface area contributed by atoms with Gasteiger partial charge in [-0.25, -0.2) is 0 Å². The highest BCUT2D eigenvalue weighted by Crippen LogP contribution is 2.50. The lowest BCUT2D eigenvalue weighted by Crippen LogP contribution is -2.50. The van der Waals surface area contributed by atoms with Crippen molar-refractivity contribution in [1.29, 1.82) is 0 Å². The summed E-state index contributed by atoms with van der Waals surface area (Å²) in [5, 5.41) is 4.26. The van der Waals surface area contributed by atoms with Crippen LogP contribution in [0.3, 0.4) is 0 Å². The van der Waals surface area contributed by atoms with Crippen molar-refractivity contribution in [2.24, 2.45) is 12.5 Å². The number of hydrogen-bond acceptors (Lipinski definition) is 4. The SMILES string of the molecule is Cn1cc(CN2CCC3(CC2)CC(Oc2cccnc2)C3)cn1. The molecule has 1 aliphatic heterocycles. The minimum Gasteiger partial charge on any atom is -0.489 e. The van der Waals surface area contributed by atoms with Crippen LogP contribution in [-0.2, 0) is 13.6 Å². The summed E-state index contributed by atoms with van der Waals surface area (Å²) in [5.74, 6) is 0.904. The zero-order chi connectivity index (χ0) is 15.7. The van der Waals surface area contributed by atoms with Gasteiger partial charge in [-0.1, -0.05) is 0 Å². The van der Waals surface area contributed by atoms with E-state index in [4.69, 9.17) is 4.74 Å². The molecule has 5 nitrogen and oxygen atoms in total. The minimum atomic E-state index is 0.379. The van der Waals surface area contributed by atoms with Crippen molar-refractivity contribution in [2.45, 2.75) is 38.3 Å². The number of hydrogen-bond donors (Lipinski definition) is 0. The highest BCUT2D eigenvalue weighted by molar-refractivity contribution is 5.17. The van der Waals surface area contributed by atoms with Crippen molar-refractivity contribution in [3.05, 3.63) is 42.5 Å². The maximum Gasteiger partial charge on any atom is 0.137 e. The summed E-state index contributed by atoms with van der Waals surface area (Å²) in [4.78, 5) is 6.67. The quantitative estimate of drug-likeness (QED) is 0.870. The second kappa shape index (κ2) is 5.96. The predicted octanol–water partition coefficient (Wildman–Crippen LogP) is 2.64. The maximum absolute atomic E-state index is 6.02. The molecule has 122 valence electrons. The summed E-state index contributed by atoms with van der Waals surface area (Å²) in [7, 11) is 1.98. The fourth-order valence-corrected chi connectivity index (χ4v) is 4.00. The molecule has 23 heavy (non-hydrogen) atoms. The van der Waals surface area contributed by atoms with E-state index in [-0.39, 0.29) is 0 Å². The number of ether oxygens (including phenoxy) is 1. The first-order valence-corrected chi connectivity index (χ1v) is 8.47. The van der Waals surface area contributed by atoms with Gasteiger partial charge in [-0.3, -0.25) is 14.6 Å². The van der Waals surface area contributed by atoms with Crippen molar-refractivity contribution in [3.63, 3.8) is 0 Å². The molecule has 2 aliphatic rings. The number of piperidine rings is 1. The Morgan fingerprint density at radius 1 is 1.26 bits per heavy atom. The number of aryl methyl sites for hydroxylation is 1. The molecular weight excluding hydrogens is 288 g/mol. The second-order valence-electron chi connectivity index (χ2n) is 7.14. The van der Waals surface area contributed by atoms with E-state index in [9.17, 15) is 0 Å². The van der Waals surface area contributed by atoms with Crippen LogP contribution >= 0.6 is 0 Å². The van der Waals surface area contributed by atoms with Crippen LogP contribution in [0, 0.1) is 5.41 Å². The Bertz CT molecular complexity index is 638. The van der Waals surface area contributed by atoms with Gasteiger partial charge in [0.05, 0.1) is 18.5 Å². The van der Waals surface area contributed by atoms with Gasteiger partial charge in [0, 0.05) is 31.5 Å². The van der Waals surface area contributed by atoms with Gasteiger partial charge in [0.15, 0.2) is 0 Å². The molecule has 2 aromatic heterocycles. The third-order valence-electron chi connectivity index (χ3n) is 5.34. The van der Waals surface area contributed by atoms with Crippen LogP contribution < -0.4 is 4.74 Å². The van der Waals surface area contributed by atoms with Crippen molar-refractivity contribution >= 4 is 0 Å². The molecule has 1 saturated heterocycles. The number of rotatable bonds is 4. The molecule has 0 unspecified atom stereocenters. The van der Waals surface area contributed by atoms with E-state index in [0.717, 1.165) is 12.3 Å². The predicted molar refractivity (Wildman–Crippen MR) is 88.0 cm³/mol. The Morgan fingerprint density at radius 3 is 2.74 bits per heavy atom. The highest BCUT2D eigenvalue weighted by Gasteiger charge is 2.46. The van der Waals surface area contributed by atoms with Crippen LogP contribution in [0.4, 0.5) is 0 Å². The molecular formula is C18H24N4O. The van der Waals surface area contributed by atoms with Crippen LogP contribution in [0.2, 0.25) is 0 Å². The first-order valence-electron chi connectivity index (χ1n) is 8.47. The fourth-order valence-electron chi connectivity index (χ4n) is 4.00. The van der Waals surface area contributed by atoms with Crippen molar-refractivity contribution < 1.29 is 4.74 Å². The molecule has 1 spiro atoms. The molecule has 4 rings (SSSR count). The molecule has 0 aromatic carbocycles. The third-order valence-corrected chi connectivity index (χ3v) is 5.34. The Morgan fingerprint density at radius 2 is 2.09 bits per heavy atom. The number of aromatic nitrogens is 3. The molecule has 2 aromatic rings. The number of likely N-dealkylation sites (tertiary alicyclic amines) is 1. The monoisotopic (exact) mass is 312 g/mol. The lowest BCUT2D eigenvalue weighted by atomic mass is 9.61. The van der Waals surface area contributed by atoms with E-state index in [1.165, 1.54) is 44.3 Å². The highest BCUT2D eigenvalue weighted by atomic mass is 16.5. The topological polar surface area (TPSA) is 43.2 Å². The molecule has 0 atom stereocenters. The molecule has 5 heteroatoms. The van der Waals surface area contributed by atoms with Gasteiger partial charge in [0.1, 0.15) is 5.75 Å². The number of nitrogens with zero attached hydrogens (tertiary/aromatic N) is 4. The molecule has 1 aliphatic carbocycles. The summed E-state index contributed by atoms with van der Waals surface area (Å²) in [6.45, 7) is 3.41. The molecule has 2 fully saturated rings. The zero-order valence-electron chi connectivity index (χ0n) is 13.7. The average Bonchev–Trinajstić information content (AvgIpc) is 2.94. The van der Waals surface area contributed by atoms with E-state index in [1.54, 1.807) is 6.20 Å². The van der Waals surface area contributed by atoms with Gasteiger partial charge >= 0.3 is 0 Å². The zero-order valence-corrected chi connectivity index (χ0v) is 13.7. The van der Waals surface area contributed by atoms with Crippen LogP contribution in [-0.4, -0.2) is 38.9 Å². The van der Waals surface area contributed by atoms with Gasteiger partial charge in [0.25, 0.3) is 0 Å². The fraction of sp³-hybridized carbons (Fsp3) is 0.556. The molecule has 0 bridgehead atoms. The van der Waals surface area contributed by atoms with E-state index in [1.807, 2.05) is 36.3 Å². The van der Waals surface area contributed by atoms with Gasteiger partial charge in [-0.15, -0.1) is 0 Å². The minimum absolute atomic E-state index is 0.379. The van der Waals surface area contributed by atoms with Crippen molar-refractivity contribution in [3.8, 4) is 5.75 Å². The Kier molecular flexibility index (Phi) is 3.81. The summed E-state index contributed by atoms with van der Waals surface area (Å²) in [6.07, 6.45) is 13.0. The van der Waals surface area contributed by atoms with Crippen LogP contribution in [0.1, 0.15) is 31.2 Å². The first kappa shape index (κ1) is 14.7. The van der Waals surface area contributed by atoms with E-state index in [2.05, 4.69) is 21.2 Å². The largest absolute Gasteiger partial charge is 0.489 e. The molecule has 3 heterocycles. The standard InChI is InChI=1S/C18H24N4O/c1-21-13-15(11-20-21)14-22-7-4-18(5-8-22)9-17(10-18)23-16-3-2-6-19-12-16/h2-3,6,11-13,17H,4-5,7-10,14H2,1H3. The van der Waals surface area contributed by atoms with E-state index in [0.29, 0.717) is 11.5 Å². The van der Waals surface area contributed by atoms with Crippen molar-refractivity contribution in [2.75, 3.05) is 13.1 Å². The van der Waals surface area contributed by atoms with Crippen LogP contribution in [0.5, 0.6) is 5.75 Å². The van der Waals surface area contributed by atoms with E-state index >= 15 is 0 Å². The Balaban J connectivity index is 1.24. The van der Waals surface area contributed by atoms with E-state index < -0.39 is 0 Å². The van der Waals surface area contributed by atoms with Crippen LogP contribution in [0.15, 0.2) is 36.9 Å². The maximum atomic E-state index is 6.02. The first-order chi connectivity index (χ1) is 11.2. The van der Waals surface area contributed by atoms with Gasteiger partial charge in [0.2, 0.25) is 0 Å². The normalized spacial score (nSPS) is 21.3. The van der Waals surface area contributed by atoms with Crippen LogP contribution in [0.25, 0.3) is 0 Å².